The highest BCUT2D eigenvalue weighted by molar-refractivity contribution is 4.94. The Hall–Kier alpha value is -0.870. The molecule has 0 fully saturated rings. The minimum absolute atomic E-state index is 0.329. The standard InChI is InChI=1S/C8H14N2O2/c1-3-11-7-12-6-10-5-4-8(2)9-10/h4-5H,3,6-7H2,1-2H3. The Morgan fingerprint density at radius 1 is 1.50 bits per heavy atom. The third-order valence-corrected chi connectivity index (χ3v) is 1.37. The summed E-state index contributed by atoms with van der Waals surface area (Å²) in [6.45, 7) is 5.34. The van der Waals surface area contributed by atoms with Gasteiger partial charge in [-0.2, -0.15) is 5.10 Å². The van der Waals surface area contributed by atoms with Crippen molar-refractivity contribution in [1.82, 2.24) is 9.78 Å². The Morgan fingerprint density at radius 2 is 2.33 bits per heavy atom. The molecular weight excluding hydrogens is 156 g/mol. The van der Waals surface area contributed by atoms with Gasteiger partial charge in [-0.1, -0.05) is 0 Å². The summed E-state index contributed by atoms with van der Waals surface area (Å²) in [5, 5.41) is 4.14. The Labute approximate surface area is 72.1 Å². The summed E-state index contributed by atoms with van der Waals surface area (Å²) >= 11 is 0. The lowest BCUT2D eigenvalue weighted by Crippen LogP contribution is -2.06. The van der Waals surface area contributed by atoms with Crippen molar-refractivity contribution in [2.24, 2.45) is 0 Å². The molecule has 0 saturated heterocycles. The van der Waals surface area contributed by atoms with E-state index < -0.39 is 0 Å². The van der Waals surface area contributed by atoms with Gasteiger partial charge >= 0.3 is 0 Å². The second-order valence-corrected chi connectivity index (χ2v) is 2.44. The van der Waals surface area contributed by atoms with Crippen LogP contribution in [0.4, 0.5) is 0 Å². The van der Waals surface area contributed by atoms with E-state index in [1.54, 1.807) is 4.68 Å². The van der Waals surface area contributed by atoms with Gasteiger partial charge in [0.2, 0.25) is 0 Å². The van der Waals surface area contributed by atoms with Gasteiger partial charge < -0.3 is 9.47 Å². The van der Waals surface area contributed by atoms with Crippen LogP contribution in [0, 0.1) is 6.92 Å². The van der Waals surface area contributed by atoms with Gasteiger partial charge in [0.05, 0.1) is 5.69 Å². The van der Waals surface area contributed by atoms with E-state index in [-0.39, 0.29) is 0 Å². The van der Waals surface area contributed by atoms with Crippen LogP contribution in [0.3, 0.4) is 0 Å². The molecule has 0 radical (unpaired) electrons. The van der Waals surface area contributed by atoms with E-state index in [0.29, 0.717) is 20.1 Å². The van der Waals surface area contributed by atoms with E-state index in [1.807, 2.05) is 26.1 Å². The van der Waals surface area contributed by atoms with Crippen molar-refractivity contribution >= 4 is 0 Å². The summed E-state index contributed by atoms with van der Waals surface area (Å²) in [5.74, 6) is 0. The molecule has 0 amide bonds. The Bertz CT molecular complexity index is 223. The van der Waals surface area contributed by atoms with Crippen molar-refractivity contribution in [2.45, 2.75) is 20.6 Å². The fourth-order valence-electron chi connectivity index (χ4n) is 0.808. The van der Waals surface area contributed by atoms with Crippen molar-refractivity contribution < 1.29 is 9.47 Å². The first-order valence-corrected chi connectivity index (χ1v) is 3.98. The summed E-state index contributed by atoms with van der Waals surface area (Å²) in [4.78, 5) is 0. The van der Waals surface area contributed by atoms with Crippen LogP contribution in [0.15, 0.2) is 12.3 Å². The molecule has 1 aromatic rings. The maximum Gasteiger partial charge on any atom is 0.149 e. The molecule has 0 spiro atoms. The van der Waals surface area contributed by atoms with Crippen LogP contribution in [0.2, 0.25) is 0 Å². The normalized spacial score (nSPS) is 10.5. The summed E-state index contributed by atoms with van der Waals surface area (Å²) < 4.78 is 11.9. The Balaban J connectivity index is 2.15. The third-order valence-electron chi connectivity index (χ3n) is 1.37. The van der Waals surface area contributed by atoms with Crippen LogP contribution < -0.4 is 0 Å². The van der Waals surface area contributed by atoms with Crippen LogP contribution >= 0.6 is 0 Å². The number of ether oxygens (including phenoxy) is 2. The molecule has 1 rings (SSSR count). The molecule has 0 aliphatic carbocycles. The maximum absolute atomic E-state index is 5.15. The van der Waals surface area contributed by atoms with E-state index in [0.717, 1.165) is 5.69 Å². The highest BCUT2D eigenvalue weighted by atomic mass is 16.7. The molecular formula is C8H14N2O2. The number of aryl methyl sites for hydroxylation is 1. The van der Waals surface area contributed by atoms with Crippen LogP contribution in [0.1, 0.15) is 12.6 Å². The van der Waals surface area contributed by atoms with Crippen molar-refractivity contribution in [2.75, 3.05) is 13.4 Å². The first-order valence-electron chi connectivity index (χ1n) is 3.98. The molecule has 1 aromatic heterocycles. The van der Waals surface area contributed by atoms with Crippen LogP contribution in [0.5, 0.6) is 0 Å². The second kappa shape index (κ2) is 4.90. The molecule has 4 heteroatoms. The second-order valence-electron chi connectivity index (χ2n) is 2.44. The van der Waals surface area contributed by atoms with Gasteiger partial charge in [0.15, 0.2) is 0 Å². The fourth-order valence-corrected chi connectivity index (χ4v) is 0.808. The van der Waals surface area contributed by atoms with E-state index >= 15 is 0 Å². The molecule has 0 N–H and O–H groups in total. The summed E-state index contributed by atoms with van der Waals surface area (Å²) in [6, 6.07) is 1.93. The SMILES string of the molecule is CCOCOCn1ccc(C)n1. The molecule has 12 heavy (non-hydrogen) atoms. The van der Waals surface area contributed by atoms with Crippen molar-refractivity contribution in [3.63, 3.8) is 0 Å². The highest BCUT2D eigenvalue weighted by Crippen LogP contribution is 1.92. The molecule has 4 nitrogen and oxygen atoms in total. The number of hydrogen-bond acceptors (Lipinski definition) is 3. The van der Waals surface area contributed by atoms with Crippen molar-refractivity contribution in [1.29, 1.82) is 0 Å². The monoisotopic (exact) mass is 170 g/mol. The van der Waals surface area contributed by atoms with E-state index in [1.165, 1.54) is 0 Å². The van der Waals surface area contributed by atoms with Gasteiger partial charge in [-0.15, -0.1) is 0 Å². The summed E-state index contributed by atoms with van der Waals surface area (Å²) in [6.07, 6.45) is 1.88. The van der Waals surface area contributed by atoms with Gasteiger partial charge in [-0.3, -0.25) is 0 Å². The summed E-state index contributed by atoms with van der Waals surface area (Å²) in [5.41, 5.74) is 0.995. The molecule has 1 heterocycles. The smallest absolute Gasteiger partial charge is 0.149 e. The topological polar surface area (TPSA) is 36.3 Å². The quantitative estimate of drug-likeness (QED) is 0.491. The number of hydrogen-bond donors (Lipinski definition) is 0. The molecule has 0 aromatic carbocycles. The molecule has 0 bridgehead atoms. The zero-order valence-electron chi connectivity index (χ0n) is 7.49. The Kier molecular flexibility index (Phi) is 3.76. The lowest BCUT2D eigenvalue weighted by Gasteiger charge is -2.03. The fraction of sp³-hybridized carbons (Fsp3) is 0.625. The van der Waals surface area contributed by atoms with Gasteiger partial charge in [0, 0.05) is 12.8 Å². The van der Waals surface area contributed by atoms with E-state index in [9.17, 15) is 0 Å². The predicted octanol–water partition coefficient (Wildman–Crippen LogP) is 1.16. The lowest BCUT2D eigenvalue weighted by atomic mass is 10.5. The van der Waals surface area contributed by atoms with Crippen molar-refractivity contribution in [3.8, 4) is 0 Å². The lowest BCUT2D eigenvalue weighted by molar-refractivity contribution is -0.0780. The molecule has 0 aliphatic heterocycles. The van der Waals surface area contributed by atoms with E-state index in [4.69, 9.17) is 9.47 Å². The summed E-state index contributed by atoms with van der Waals surface area (Å²) in [7, 11) is 0. The molecule has 0 aliphatic rings. The predicted molar refractivity (Wildman–Crippen MR) is 44.5 cm³/mol. The highest BCUT2D eigenvalue weighted by Gasteiger charge is 1.92. The zero-order valence-corrected chi connectivity index (χ0v) is 7.49. The first-order chi connectivity index (χ1) is 5.83. The maximum atomic E-state index is 5.15. The van der Waals surface area contributed by atoms with Gasteiger partial charge in [-0.05, 0) is 19.9 Å². The minimum atomic E-state index is 0.329. The van der Waals surface area contributed by atoms with E-state index in [2.05, 4.69) is 5.10 Å². The van der Waals surface area contributed by atoms with Gasteiger partial charge in [-0.25, -0.2) is 4.68 Å². The van der Waals surface area contributed by atoms with Gasteiger partial charge in [0.1, 0.15) is 13.5 Å². The van der Waals surface area contributed by atoms with Crippen LogP contribution in [-0.4, -0.2) is 23.2 Å². The van der Waals surface area contributed by atoms with Crippen LogP contribution in [-0.2, 0) is 16.2 Å². The number of rotatable bonds is 5. The molecule has 0 unspecified atom stereocenters. The Morgan fingerprint density at radius 3 is 2.92 bits per heavy atom. The van der Waals surface area contributed by atoms with Gasteiger partial charge in [0.25, 0.3) is 0 Å². The third kappa shape index (κ3) is 3.02. The average Bonchev–Trinajstić information content (AvgIpc) is 2.45. The first kappa shape index (κ1) is 9.22. The minimum Gasteiger partial charge on any atom is -0.356 e. The average molecular weight is 170 g/mol. The van der Waals surface area contributed by atoms with Crippen molar-refractivity contribution in [3.05, 3.63) is 18.0 Å². The largest absolute Gasteiger partial charge is 0.356 e. The molecule has 0 saturated carbocycles. The molecule has 68 valence electrons. The number of aromatic nitrogens is 2. The number of nitrogens with zero attached hydrogens (tertiary/aromatic N) is 2. The van der Waals surface area contributed by atoms with Crippen LogP contribution in [0.25, 0.3) is 0 Å². The molecule has 0 atom stereocenters. The zero-order chi connectivity index (χ0) is 8.81.